The fraction of sp³-hybridized carbons (Fsp3) is 0.742. The molecule has 0 aromatic rings. The predicted molar refractivity (Wildman–Crippen MR) is 445 cm³/mol. The molecule has 0 saturated heterocycles. The van der Waals surface area contributed by atoms with Crippen LogP contribution < -0.4 is 0 Å². The number of carbonyl (C=O) groups excluding carboxylic acids is 3. The SMILES string of the molecule is CC/C=C\C/C=C\C/C=C\C/C=C\C/C=C\CCCCCCCCCCCC(=O)OCC(COP(=O)(O)OCC(O)COP(=O)(O)OCC(O)COC(=O)CCCCCCCCCCCCCCCCC/C=C\C/C=C\C/C=C\C/C=C\CCCCC)OC(=O)CCCCCCC/C=C\CCCCCCCC. The second kappa shape index (κ2) is 81.4. The number of hydrogen-bond acceptors (Lipinski definition) is 14. The molecule has 0 aliphatic carbocycles. The van der Waals surface area contributed by atoms with Gasteiger partial charge in [0.25, 0.3) is 0 Å². The molecule has 5 atom stereocenters. The Morgan fingerprint density at radius 1 is 0.271 bits per heavy atom. The number of phosphoric ester groups is 2. The molecule has 107 heavy (non-hydrogen) atoms. The number of unbranched alkanes of at least 4 members (excludes halogenated alkanes) is 38. The highest BCUT2D eigenvalue weighted by atomic mass is 31.2. The Morgan fingerprint density at radius 2 is 0.495 bits per heavy atom. The molecule has 0 amide bonds. The first-order chi connectivity index (χ1) is 52.2. The minimum Gasteiger partial charge on any atom is -0.463 e. The van der Waals surface area contributed by atoms with E-state index in [0.29, 0.717) is 19.3 Å². The lowest BCUT2D eigenvalue weighted by molar-refractivity contribution is -0.161. The van der Waals surface area contributed by atoms with E-state index >= 15 is 0 Å². The lowest BCUT2D eigenvalue weighted by atomic mass is 10.0. The van der Waals surface area contributed by atoms with E-state index in [1.165, 1.54) is 167 Å². The van der Waals surface area contributed by atoms with Crippen LogP contribution >= 0.6 is 15.6 Å². The van der Waals surface area contributed by atoms with Crippen molar-refractivity contribution in [2.24, 2.45) is 0 Å². The van der Waals surface area contributed by atoms with E-state index in [-0.39, 0.29) is 19.3 Å². The highest BCUT2D eigenvalue weighted by molar-refractivity contribution is 7.47. The number of hydrogen-bond donors (Lipinski definition) is 4. The summed E-state index contributed by atoms with van der Waals surface area (Å²) in [7, 11) is -9.80. The first-order valence-electron chi connectivity index (χ1n) is 42.8. The van der Waals surface area contributed by atoms with Crippen LogP contribution in [0.15, 0.2) is 122 Å². The van der Waals surface area contributed by atoms with E-state index in [9.17, 15) is 43.5 Å². The number of aliphatic hydroxyl groups excluding tert-OH is 2. The van der Waals surface area contributed by atoms with Crippen LogP contribution in [0.1, 0.15) is 367 Å². The normalized spacial score (nSPS) is 14.5. The molecule has 4 N–H and O–H groups in total. The molecule has 0 aliphatic rings. The second-order valence-electron chi connectivity index (χ2n) is 28.6. The summed E-state index contributed by atoms with van der Waals surface area (Å²) in [6, 6.07) is 0. The summed E-state index contributed by atoms with van der Waals surface area (Å²) >= 11 is 0. The maximum absolute atomic E-state index is 13.0. The molecular weight excluding hydrogens is 1390 g/mol. The predicted octanol–water partition coefficient (Wildman–Crippen LogP) is 25.7. The standard InChI is InChI=1S/C89H156O16P2/c1-4-7-10-13-16-19-22-25-28-30-32-34-36-38-39-40-41-42-43-45-47-48-50-52-55-57-60-63-66-69-72-75-87(92)99-78-84(90)79-101-106(95,96)102-80-85(91)81-103-107(97,98)104-83-86(105-89(94)77-74-71-68-65-62-59-54-27-24-21-18-15-12-9-6-3)82-100-88(93)76-73-70-67-64-61-58-56-53-51-49-46-44-37-35-33-31-29-26-23-20-17-14-11-8-5-2/h8,11,16-17,19-20,25-29,32-35,38-39,44,46,54,84-86,90-91H,4-7,9-10,12-15,18,21-24,30-31,36-37,40-43,45,47-53,55-83H2,1-3H3,(H,95,96)(H,97,98)/b11-8-,19-16-,20-17-,28-25-,29-26-,34-32-,35-33-,39-38-,46-44-,54-27-. The van der Waals surface area contributed by atoms with Crippen molar-refractivity contribution in [3.63, 3.8) is 0 Å². The zero-order chi connectivity index (χ0) is 78.0. The van der Waals surface area contributed by atoms with Crippen LogP contribution in [0.25, 0.3) is 0 Å². The first kappa shape index (κ1) is 103. The third-order valence-electron chi connectivity index (χ3n) is 18.1. The highest BCUT2D eigenvalue weighted by Gasteiger charge is 2.29. The van der Waals surface area contributed by atoms with Gasteiger partial charge in [-0.25, -0.2) is 9.13 Å². The number of ether oxygens (including phenoxy) is 3. The summed E-state index contributed by atoms with van der Waals surface area (Å²) in [5, 5.41) is 20.7. The van der Waals surface area contributed by atoms with Gasteiger partial charge in [0.05, 0.1) is 26.4 Å². The molecule has 0 aliphatic heterocycles. The van der Waals surface area contributed by atoms with Crippen LogP contribution in [-0.4, -0.2) is 95.9 Å². The number of phosphoric acid groups is 2. The zero-order valence-electron chi connectivity index (χ0n) is 67.8. The minimum absolute atomic E-state index is 0.0928. The van der Waals surface area contributed by atoms with Gasteiger partial charge in [-0.05, 0) is 135 Å². The van der Waals surface area contributed by atoms with E-state index in [0.717, 1.165) is 141 Å². The molecule has 0 spiro atoms. The lowest BCUT2D eigenvalue weighted by Gasteiger charge is -2.21. The molecule has 16 nitrogen and oxygen atoms in total. The average molecular weight is 1540 g/mol. The van der Waals surface area contributed by atoms with Gasteiger partial charge in [-0.3, -0.25) is 32.5 Å². The largest absolute Gasteiger partial charge is 0.472 e. The summed E-state index contributed by atoms with van der Waals surface area (Å²) in [6.07, 6.45) is 98.2. The van der Waals surface area contributed by atoms with Gasteiger partial charge in [-0.2, -0.15) is 0 Å². The van der Waals surface area contributed by atoms with Crippen LogP contribution in [0.3, 0.4) is 0 Å². The van der Waals surface area contributed by atoms with E-state index in [1.807, 2.05) is 0 Å². The molecule has 0 bridgehead atoms. The molecular formula is C89H156O16P2. The Bertz CT molecular complexity index is 2430. The summed E-state index contributed by atoms with van der Waals surface area (Å²) in [6.45, 7) is 2.56. The number of aliphatic hydroxyl groups is 2. The van der Waals surface area contributed by atoms with Crippen molar-refractivity contribution >= 4 is 33.6 Å². The Labute approximate surface area is 653 Å². The average Bonchev–Trinajstić information content (AvgIpc) is 0.904. The Hall–Kier alpha value is -4.05. The fourth-order valence-corrected chi connectivity index (χ4v) is 13.2. The molecule has 0 aromatic heterocycles. The van der Waals surface area contributed by atoms with Gasteiger partial charge in [0.1, 0.15) is 25.4 Å². The van der Waals surface area contributed by atoms with Crippen molar-refractivity contribution in [2.45, 2.75) is 386 Å². The zero-order valence-corrected chi connectivity index (χ0v) is 69.6. The quantitative estimate of drug-likeness (QED) is 0.0146. The van der Waals surface area contributed by atoms with Gasteiger partial charge in [0.15, 0.2) is 6.10 Å². The summed E-state index contributed by atoms with van der Waals surface area (Å²) in [5.41, 5.74) is 0. The van der Waals surface area contributed by atoms with Gasteiger partial charge in [-0.1, -0.05) is 335 Å². The molecule has 18 heteroatoms. The maximum Gasteiger partial charge on any atom is 0.472 e. The van der Waals surface area contributed by atoms with Crippen molar-refractivity contribution in [2.75, 3.05) is 39.6 Å². The molecule has 0 heterocycles. The van der Waals surface area contributed by atoms with Gasteiger partial charge in [0.2, 0.25) is 0 Å². The Balaban J connectivity index is 4.49. The molecule has 0 rings (SSSR count). The van der Waals surface area contributed by atoms with Gasteiger partial charge < -0.3 is 34.2 Å². The monoisotopic (exact) mass is 1540 g/mol. The van der Waals surface area contributed by atoms with E-state index in [4.69, 9.17) is 32.3 Å². The van der Waals surface area contributed by atoms with Gasteiger partial charge in [-0.15, -0.1) is 0 Å². The minimum atomic E-state index is -4.94. The van der Waals surface area contributed by atoms with Crippen LogP contribution in [0, 0.1) is 0 Å². The Kier molecular flexibility index (Phi) is 78.4. The van der Waals surface area contributed by atoms with E-state index in [2.05, 4.69) is 142 Å². The van der Waals surface area contributed by atoms with Crippen LogP contribution in [0.5, 0.6) is 0 Å². The van der Waals surface area contributed by atoms with Gasteiger partial charge >= 0.3 is 33.6 Å². The first-order valence-corrected chi connectivity index (χ1v) is 45.8. The van der Waals surface area contributed by atoms with Crippen LogP contribution in [0.2, 0.25) is 0 Å². The fourth-order valence-electron chi connectivity index (χ4n) is 11.6. The molecule has 0 aromatic carbocycles. The number of carbonyl (C=O) groups is 3. The summed E-state index contributed by atoms with van der Waals surface area (Å²) in [4.78, 5) is 58.8. The smallest absolute Gasteiger partial charge is 0.463 e. The van der Waals surface area contributed by atoms with Crippen LogP contribution in [0.4, 0.5) is 0 Å². The molecule has 0 saturated carbocycles. The molecule has 0 fully saturated rings. The van der Waals surface area contributed by atoms with E-state index < -0.39 is 91.5 Å². The van der Waals surface area contributed by atoms with Crippen LogP contribution in [-0.2, 0) is 55.8 Å². The molecule has 5 unspecified atom stereocenters. The maximum atomic E-state index is 13.0. The van der Waals surface area contributed by atoms with Crippen molar-refractivity contribution in [3.05, 3.63) is 122 Å². The molecule has 618 valence electrons. The van der Waals surface area contributed by atoms with Crippen molar-refractivity contribution in [1.82, 2.24) is 0 Å². The van der Waals surface area contributed by atoms with Crippen molar-refractivity contribution < 1.29 is 75.8 Å². The van der Waals surface area contributed by atoms with E-state index in [1.54, 1.807) is 0 Å². The summed E-state index contributed by atoms with van der Waals surface area (Å²) < 4.78 is 61.3. The van der Waals surface area contributed by atoms with Crippen molar-refractivity contribution in [3.8, 4) is 0 Å². The second-order valence-corrected chi connectivity index (χ2v) is 31.5. The highest BCUT2D eigenvalue weighted by Crippen LogP contribution is 2.45. The Morgan fingerprint density at radius 3 is 0.813 bits per heavy atom. The molecule has 0 radical (unpaired) electrons. The van der Waals surface area contributed by atoms with Crippen molar-refractivity contribution in [1.29, 1.82) is 0 Å². The third kappa shape index (κ3) is 82.7. The topological polar surface area (TPSA) is 231 Å². The van der Waals surface area contributed by atoms with Gasteiger partial charge in [0, 0.05) is 19.3 Å². The lowest BCUT2D eigenvalue weighted by Crippen LogP contribution is -2.30. The third-order valence-corrected chi connectivity index (χ3v) is 20.0. The number of rotatable bonds is 81. The number of allylic oxidation sites excluding steroid dienone is 20. The number of esters is 3. The summed E-state index contributed by atoms with van der Waals surface area (Å²) in [5.74, 6) is -1.58.